The lowest BCUT2D eigenvalue weighted by atomic mass is 10.1. The number of carboxylic acid groups (broad SMARTS) is 3. The maximum atomic E-state index is 13.8. The first-order chi connectivity index (χ1) is 30.3. The van der Waals surface area contributed by atoms with E-state index in [1.165, 1.54) is 45.2 Å². The first-order valence-corrected chi connectivity index (χ1v) is 19.8. The highest BCUT2D eigenvalue weighted by Crippen LogP contribution is 2.31. The number of hydrogen-bond acceptors (Lipinski definition) is 15. The third-order valence-corrected chi connectivity index (χ3v) is 10.0. The van der Waals surface area contributed by atoms with Gasteiger partial charge < -0.3 is 51.7 Å². The van der Waals surface area contributed by atoms with Crippen molar-refractivity contribution in [3.8, 4) is 6.07 Å². The van der Waals surface area contributed by atoms with Crippen LogP contribution >= 0.6 is 0 Å². The Labute approximate surface area is 363 Å². The van der Waals surface area contributed by atoms with Crippen molar-refractivity contribution in [1.29, 1.82) is 5.26 Å². The minimum absolute atomic E-state index is 0.0366. The number of aliphatic carboxylic acids is 2. The summed E-state index contributed by atoms with van der Waals surface area (Å²) in [6.45, 7) is -3.83. The standard InChI is InChI=1S/C38H49F2N11O13/c39-38(40)14-23(15-41)51(19-38)31(55)16-45-35(60)25-8-9-44-34-24(25)2-1-3-26(34)46-30(54)7-6-29(53)43-11-10-42-28(52)5-4-27(36(61)62)49-13-12-47(17-32(56)57)20-48(18-33(58)59)21-50(22-49)37(63)64/h1-3,8-9,23,27,33,58-59H,4-7,10-14,16-22H2,(H,42,52)(H,43,53)(H,45,60)(H,46,54)(H,56,57)(H,61,62)(H,63,64)/t23-,27?/m0/s1. The average Bonchev–Trinajstić information content (AvgIpc) is 3.58. The Kier molecular flexibility index (Phi) is 18.1. The molecule has 4 rings (SSSR count). The molecule has 2 atom stereocenters. The summed E-state index contributed by atoms with van der Waals surface area (Å²) in [5.41, 5.74) is 0.452. The lowest BCUT2D eigenvalue weighted by Crippen LogP contribution is -2.52. The zero-order chi connectivity index (χ0) is 47.1. The maximum absolute atomic E-state index is 13.8. The molecule has 348 valence electrons. The number of amides is 6. The van der Waals surface area contributed by atoms with E-state index in [0.717, 1.165) is 4.90 Å². The fraction of sp³-hybridized carbons (Fsp3) is 0.526. The van der Waals surface area contributed by atoms with E-state index in [0.29, 0.717) is 4.90 Å². The van der Waals surface area contributed by atoms with Gasteiger partial charge in [-0.25, -0.2) is 13.6 Å². The zero-order valence-electron chi connectivity index (χ0n) is 34.3. The number of nitrogens with zero attached hydrogens (tertiary/aromatic N) is 7. The topological polar surface area (TPSA) is 339 Å². The predicted octanol–water partition coefficient (Wildman–Crippen LogP) is -1.92. The first kappa shape index (κ1) is 50.0. The molecule has 26 heteroatoms. The van der Waals surface area contributed by atoms with Crippen molar-refractivity contribution < 1.29 is 72.7 Å². The van der Waals surface area contributed by atoms with Crippen LogP contribution in [0.25, 0.3) is 10.9 Å². The van der Waals surface area contributed by atoms with E-state index in [-0.39, 0.29) is 80.7 Å². The number of pyridine rings is 1. The number of carbonyl (C=O) groups is 8. The van der Waals surface area contributed by atoms with Crippen LogP contribution in [0.5, 0.6) is 0 Å². The largest absolute Gasteiger partial charge is 0.480 e. The third kappa shape index (κ3) is 15.0. The van der Waals surface area contributed by atoms with Gasteiger partial charge in [0.2, 0.25) is 23.6 Å². The number of β-amino-alcohol motifs (C(OH)–C–C–N with tert-alkyl or cyclic N) is 2. The molecular formula is C38H49F2N11O13. The fourth-order valence-electron chi connectivity index (χ4n) is 7.06. The molecule has 2 aliphatic rings. The van der Waals surface area contributed by atoms with E-state index in [2.05, 4.69) is 26.3 Å². The van der Waals surface area contributed by atoms with Gasteiger partial charge in [0.15, 0.2) is 6.29 Å². The smallest absolute Gasteiger partial charge is 0.409 e. The van der Waals surface area contributed by atoms with Crippen LogP contribution in [0.4, 0.5) is 19.3 Å². The van der Waals surface area contributed by atoms with Crippen molar-refractivity contribution in [2.24, 2.45) is 0 Å². The van der Waals surface area contributed by atoms with Gasteiger partial charge in [0.1, 0.15) is 12.1 Å². The number of carbonyl (C=O) groups excluding carboxylic acids is 5. The summed E-state index contributed by atoms with van der Waals surface area (Å²) in [7, 11) is 0. The van der Waals surface area contributed by atoms with E-state index in [1.54, 1.807) is 6.07 Å². The molecule has 6 amide bonds. The Hall–Kier alpha value is -6.66. The van der Waals surface area contributed by atoms with E-state index >= 15 is 0 Å². The summed E-state index contributed by atoms with van der Waals surface area (Å²) in [6.07, 6.45) is -3.98. The van der Waals surface area contributed by atoms with Crippen molar-refractivity contribution in [1.82, 2.24) is 45.4 Å². The predicted molar refractivity (Wildman–Crippen MR) is 215 cm³/mol. The molecule has 1 aromatic heterocycles. The molecular weight excluding hydrogens is 856 g/mol. The molecule has 1 aromatic carbocycles. The van der Waals surface area contributed by atoms with Crippen LogP contribution in [0.15, 0.2) is 30.5 Å². The van der Waals surface area contributed by atoms with Gasteiger partial charge in [0.25, 0.3) is 11.8 Å². The number of anilines is 1. The molecule has 0 saturated carbocycles. The van der Waals surface area contributed by atoms with Crippen molar-refractivity contribution in [3.63, 3.8) is 0 Å². The number of alkyl halides is 2. The number of hydrogen-bond donors (Lipinski definition) is 9. The number of nitrogens with one attached hydrogen (secondary N) is 4. The Balaban J connectivity index is 1.22. The van der Waals surface area contributed by atoms with E-state index in [9.17, 15) is 72.7 Å². The summed E-state index contributed by atoms with van der Waals surface area (Å²) in [5, 5.41) is 67.7. The second-order valence-electron chi connectivity index (χ2n) is 14.9. The molecule has 0 aliphatic carbocycles. The van der Waals surface area contributed by atoms with Gasteiger partial charge >= 0.3 is 18.0 Å². The van der Waals surface area contributed by atoms with Crippen LogP contribution in [0.2, 0.25) is 0 Å². The number of rotatable bonds is 19. The van der Waals surface area contributed by atoms with Gasteiger partial charge in [0.05, 0.1) is 69.0 Å². The van der Waals surface area contributed by atoms with Gasteiger partial charge in [-0.15, -0.1) is 0 Å². The molecule has 1 unspecified atom stereocenters. The van der Waals surface area contributed by atoms with E-state index in [1.807, 2.05) is 0 Å². The van der Waals surface area contributed by atoms with E-state index < -0.39 is 118 Å². The van der Waals surface area contributed by atoms with E-state index in [4.69, 9.17) is 5.26 Å². The van der Waals surface area contributed by atoms with Crippen LogP contribution in [-0.2, 0) is 28.8 Å². The number of carboxylic acids is 2. The molecule has 0 bridgehead atoms. The van der Waals surface area contributed by atoms with Crippen molar-refractivity contribution in [2.75, 3.05) is 77.7 Å². The monoisotopic (exact) mass is 905 g/mol. The SMILES string of the molecule is N#C[C@@H]1CC(F)(F)CN1C(=O)CNC(=O)c1ccnc2c(NC(=O)CCC(=O)NCCNC(=O)CCC(C(=O)O)N3CCN(CC(=O)O)CN(CC(O)O)CN(C(=O)O)C3)cccc12. The molecule has 2 aromatic rings. The molecule has 64 heavy (non-hydrogen) atoms. The van der Waals surface area contributed by atoms with Crippen LogP contribution in [-0.4, -0.2) is 199 Å². The normalized spacial score (nSPS) is 17.7. The van der Waals surface area contributed by atoms with Gasteiger partial charge in [-0.1, -0.05) is 12.1 Å². The van der Waals surface area contributed by atoms with Gasteiger partial charge in [-0.3, -0.25) is 58.1 Å². The highest BCUT2D eigenvalue weighted by molar-refractivity contribution is 6.10. The number of nitriles is 1. The van der Waals surface area contributed by atoms with Crippen molar-refractivity contribution in [3.05, 3.63) is 36.0 Å². The van der Waals surface area contributed by atoms with Gasteiger partial charge in [0, 0.05) is 63.4 Å². The molecule has 2 aliphatic heterocycles. The number of halogens is 2. The minimum Gasteiger partial charge on any atom is -0.480 e. The minimum atomic E-state index is -3.22. The number of fused-ring (bicyclic) bond motifs is 1. The summed E-state index contributed by atoms with van der Waals surface area (Å²) in [6, 6.07) is 4.88. The number of aliphatic hydroxyl groups excluding tert-OH is 1. The van der Waals surface area contributed by atoms with Crippen LogP contribution in [0.3, 0.4) is 0 Å². The average molecular weight is 906 g/mol. The van der Waals surface area contributed by atoms with Gasteiger partial charge in [-0.05, 0) is 18.6 Å². The molecule has 2 saturated heterocycles. The first-order valence-electron chi connectivity index (χ1n) is 19.8. The molecule has 3 heterocycles. The highest BCUT2D eigenvalue weighted by atomic mass is 19.3. The Morgan fingerprint density at radius 2 is 1.56 bits per heavy atom. The molecule has 9 N–H and O–H groups in total. The van der Waals surface area contributed by atoms with Crippen LogP contribution in [0.1, 0.15) is 42.5 Å². The lowest BCUT2D eigenvalue weighted by molar-refractivity contribution is -0.145. The number of benzene rings is 1. The summed E-state index contributed by atoms with van der Waals surface area (Å²) in [4.78, 5) is 109. The molecule has 2 fully saturated rings. The Bertz CT molecular complexity index is 2110. The molecule has 0 radical (unpaired) electrons. The fourth-order valence-corrected chi connectivity index (χ4v) is 7.06. The van der Waals surface area contributed by atoms with Gasteiger partial charge in [-0.2, -0.15) is 5.26 Å². The second kappa shape index (κ2) is 23.1. The van der Waals surface area contributed by atoms with Crippen LogP contribution in [0, 0.1) is 11.3 Å². The zero-order valence-corrected chi connectivity index (χ0v) is 34.3. The molecule has 24 nitrogen and oxygen atoms in total. The maximum Gasteiger partial charge on any atom is 0.409 e. The summed E-state index contributed by atoms with van der Waals surface area (Å²) >= 11 is 0. The Morgan fingerprint density at radius 3 is 2.20 bits per heavy atom. The lowest BCUT2D eigenvalue weighted by Gasteiger charge is -2.33. The summed E-state index contributed by atoms with van der Waals surface area (Å²) < 4.78 is 27.6. The van der Waals surface area contributed by atoms with Crippen molar-refractivity contribution >= 4 is 64.2 Å². The molecule has 0 spiro atoms. The quantitative estimate of drug-likeness (QED) is 0.0548. The second-order valence-corrected chi connectivity index (χ2v) is 14.9. The van der Waals surface area contributed by atoms with Crippen molar-refractivity contribution in [2.45, 2.75) is 56.4 Å². The number of likely N-dealkylation sites (tertiary alicyclic amines) is 1. The Morgan fingerprint density at radius 1 is 0.875 bits per heavy atom. The van der Waals surface area contributed by atoms with Crippen LogP contribution < -0.4 is 21.3 Å². The number of aromatic nitrogens is 1. The third-order valence-electron chi connectivity index (χ3n) is 10.0. The number of para-hydroxylation sites is 1. The highest BCUT2D eigenvalue weighted by Gasteiger charge is 2.47. The number of aliphatic hydroxyl groups is 2. The summed E-state index contributed by atoms with van der Waals surface area (Å²) in [5.74, 6) is -9.13.